The van der Waals surface area contributed by atoms with Crippen LogP contribution in [0.5, 0.6) is 0 Å². The Morgan fingerprint density at radius 1 is 1.20 bits per heavy atom. The van der Waals surface area contributed by atoms with Crippen molar-refractivity contribution in [1.29, 1.82) is 0 Å². The van der Waals surface area contributed by atoms with Crippen LogP contribution in [0.3, 0.4) is 0 Å². The number of hydrogen-bond acceptors (Lipinski definition) is 1. The molecule has 2 rings (SSSR count). The second kappa shape index (κ2) is 6.18. The maximum absolute atomic E-state index is 13.2. The van der Waals surface area contributed by atoms with Crippen LogP contribution in [-0.4, -0.2) is 5.91 Å². The van der Waals surface area contributed by atoms with Crippen LogP contribution < -0.4 is 5.32 Å². The molecule has 2 aromatic carbocycles. The van der Waals surface area contributed by atoms with Crippen molar-refractivity contribution in [3.8, 4) is 0 Å². The van der Waals surface area contributed by atoms with Gasteiger partial charge in [0.1, 0.15) is 5.82 Å². The summed E-state index contributed by atoms with van der Waals surface area (Å²) in [4.78, 5) is 12.2. The molecule has 4 heteroatoms. The number of hydrogen-bond donors (Lipinski definition) is 1. The molecule has 0 unspecified atom stereocenters. The molecule has 0 aromatic heterocycles. The summed E-state index contributed by atoms with van der Waals surface area (Å²) < 4.78 is 13.8. The molecule has 0 saturated carbocycles. The summed E-state index contributed by atoms with van der Waals surface area (Å²) in [7, 11) is 0. The third kappa shape index (κ3) is 3.45. The Kier molecular flexibility index (Phi) is 4.55. The summed E-state index contributed by atoms with van der Waals surface area (Å²) in [6.45, 7) is 4.17. The van der Waals surface area contributed by atoms with E-state index < -0.39 is 5.82 Å². The number of rotatable bonds is 3. The molecule has 0 aliphatic rings. The highest BCUT2D eigenvalue weighted by atomic mass is 79.9. The second-order valence-corrected chi connectivity index (χ2v) is 5.71. The molecule has 0 saturated heterocycles. The SMILES string of the molecule is CC(C)c1cccc(NC(=O)c2cc(F)ccc2Br)c1. The summed E-state index contributed by atoms with van der Waals surface area (Å²) in [5, 5.41) is 2.79. The predicted molar refractivity (Wildman–Crippen MR) is 82.6 cm³/mol. The van der Waals surface area contributed by atoms with E-state index in [0.717, 1.165) is 5.56 Å². The van der Waals surface area contributed by atoms with Gasteiger partial charge in [0.05, 0.1) is 5.56 Å². The topological polar surface area (TPSA) is 29.1 Å². The van der Waals surface area contributed by atoms with Crippen molar-refractivity contribution in [2.75, 3.05) is 5.32 Å². The summed E-state index contributed by atoms with van der Waals surface area (Å²) in [6, 6.07) is 11.7. The van der Waals surface area contributed by atoms with E-state index in [-0.39, 0.29) is 11.5 Å². The fraction of sp³-hybridized carbons (Fsp3) is 0.188. The number of carbonyl (C=O) groups is 1. The lowest BCUT2D eigenvalue weighted by atomic mass is 10.0. The molecular formula is C16H15BrFNO. The Morgan fingerprint density at radius 2 is 1.95 bits per heavy atom. The molecule has 2 nitrogen and oxygen atoms in total. The number of anilines is 1. The predicted octanol–water partition coefficient (Wildman–Crippen LogP) is 4.96. The van der Waals surface area contributed by atoms with Crippen LogP contribution in [-0.2, 0) is 0 Å². The Bertz CT molecular complexity index is 640. The van der Waals surface area contributed by atoms with Crippen molar-refractivity contribution in [1.82, 2.24) is 0 Å². The van der Waals surface area contributed by atoms with Gasteiger partial charge in [-0.1, -0.05) is 26.0 Å². The molecule has 0 aliphatic carbocycles. The molecule has 1 amide bonds. The van der Waals surface area contributed by atoms with Gasteiger partial charge in [-0.2, -0.15) is 0 Å². The number of halogens is 2. The highest BCUT2D eigenvalue weighted by molar-refractivity contribution is 9.10. The van der Waals surface area contributed by atoms with E-state index in [0.29, 0.717) is 16.1 Å². The molecule has 0 atom stereocenters. The van der Waals surface area contributed by atoms with Gasteiger partial charge in [0, 0.05) is 10.2 Å². The van der Waals surface area contributed by atoms with Crippen molar-refractivity contribution in [3.63, 3.8) is 0 Å². The molecule has 0 aliphatic heterocycles. The molecule has 104 valence electrons. The van der Waals surface area contributed by atoms with Crippen molar-refractivity contribution in [2.24, 2.45) is 0 Å². The van der Waals surface area contributed by atoms with E-state index >= 15 is 0 Å². The first-order valence-electron chi connectivity index (χ1n) is 6.33. The summed E-state index contributed by atoms with van der Waals surface area (Å²) in [5.74, 6) is -0.390. The smallest absolute Gasteiger partial charge is 0.256 e. The Labute approximate surface area is 126 Å². The van der Waals surface area contributed by atoms with Gasteiger partial charge >= 0.3 is 0 Å². The van der Waals surface area contributed by atoms with E-state index in [1.54, 1.807) is 0 Å². The molecular weight excluding hydrogens is 321 g/mol. The van der Waals surface area contributed by atoms with Crippen LogP contribution >= 0.6 is 15.9 Å². The number of nitrogens with one attached hydrogen (secondary N) is 1. The first-order chi connectivity index (χ1) is 9.47. The zero-order valence-electron chi connectivity index (χ0n) is 11.3. The third-order valence-electron chi connectivity index (χ3n) is 2.98. The van der Waals surface area contributed by atoms with E-state index in [2.05, 4.69) is 35.1 Å². The average molecular weight is 336 g/mol. The molecule has 20 heavy (non-hydrogen) atoms. The number of benzene rings is 2. The van der Waals surface area contributed by atoms with E-state index in [1.165, 1.54) is 18.2 Å². The Morgan fingerprint density at radius 3 is 2.65 bits per heavy atom. The minimum atomic E-state index is -0.436. The number of amides is 1. The van der Waals surface area contributed by atoms with Gasteiger partial charge in [0.15, 0.2) is 0 Å². The van der Waals surface area contributed by atoms with Crippen molar-refractivity contribution in [3.05, 3.63) is 63.9 Å². The lowest BCUT2D eigenvalue weighted by molar-refractivity contribution is 0.102. The second-order valence-electron chi connectivity index (χ2n) is 4.86. The van der Waals surface area contributed by atoms with Gasteiger partial charge in [-0.25, -0.2) is 4.39 Å². The molecule has 1 N–H and O–H groups in total. The van der Waals surface area contributed by atoms with Crippen molar-refractivity contribution in [2.45, 2.75) is 19.8 Å². The maximum atomic E-state index is 13.2. The lowest BCUT2D eigenvalue weighted by Gasteiger charge is -2.10. The molecule has 0 heterocycles. The molecule has 0 bridgehead atoms. The summed E-state index contributed by atoms with van der Waals surface area (Å²) in [5.41, 5.74) is 2.12. The van der Waals surface area contributed by atoms with E-state index in [1.807, 2.05) is 24.3 Å². The highest BCUT2D eigenvalue weighted by Crippen LogP contribution is 2.22. The molecule has 2 aromatic rings. The van der Waals surface area contributed by atoms with Crippen LogP contribution in [0.4, 0.5) is 10.1 Å². The van der Waals surface area contributed by atoms with Crippen LogP contribution in [0.2, 0.25) is 0 Å². The largest absolute Gasteiger partial charge is 0.322 e. The first kappa shape index (κ1) is 14.7. The Hall–Kier alpha value is -1.68. The molecule has 0 radical (unpaired) electrons. The molecule has 0 fully saturated rings. The average Bonchev–Trinajstić information content (AvgIpc) is 2.41. The Balaban J connectivity index is 2.23. The van der Waals surface area contributed by atoms with Gasteiger partial charge in [0.25, 0.3) is 5.91 Å². The minimum Gasteiger partial charge on any atom is -0.322 e. The van der Waals surface area contributed by atoms with Crippen LogP contribution in [0.1, 0.15) is 35.7 Å². The van der Waals surface area contributed by atoms with Crippen LogP contribution in [0.15, 0.2) is 46.9 Å². The summed E-state index contributed by atoms with van der Waals surface area (Å²) in [6.07, 6.45) is 0. The summed E-state index contributed by atoms with van der Waals surface area (Å²) >= 11 is 3.25. The van der Waals surface area contributed by atoms with Crippen LogP contribution in [0, 0.1) is 5.82 Å². The minimum absolute atomic E-state index is 0.278. The van der Waals surface area contributed by atoms with Gasteiger partial charge in [-0.05, 0) is 57.7 Å². The molecule has 0 spiro atoms. The maximum Gasteiger partial charge on any atom is 0.256 e. The van der Waals surface area contributed by atoms with Crippen molar-refractivity contribution < 1.29 is 9.18 Å². The van der Waals surface area contributed by atoms with Crippen LogP contribution in [0.25, 0.3) is 0 Å². The zero-order valence-corrected chi connectivity index (χ0v) is 12.9. The van der Waals surface area contributed by atoms with Crippen molar-refractivity contribution >= 4 is 27.5 Å². The van der Waals surface area contributed by atoms with Gasteiger partial charge in [0.2, 0.25) is 0 Å². The normalized spacial score (nSPS) is 10.7. The van der Waals surface area contributed by atoms with Gasteiger partial charge in [-0.3, -0.25) is 4.79 Å². The van der Waals surface area contributed by atoms with Gasteiger partial charge in [-0.15, -0.1) is 0 Å². The fourth-order valence-electron chi connectivity index (χ4n) is 1.85. The monoisotopic (exact) mass is 335 g/mol. The fourth-order valence-corrected chi connectivity index (χ4v) is 2.27. The van der Waals surface area contributed by atoms with E-state index in [4.69, 9.17) is 0 Å². The third-order valence-corrected chi connectivity index (χ3v) is 3.68. The standard InChI is InChI=1S/C16H15BrFNO/c1-10(2)11-4-3-5-13(8-11)19-16(20)14-9-12(18)6-7-15(14)17/h3-10H,1-2H3,(H,19,20). The van der Waals surface area contributed by atoms with E-state index in [9.17, 15) is 9.18 Å². The zero-order chi connectivity index (χ0) is 14.7. The lowest BCUT2D eigenvalue weighted by Crippen LogP contribution is -2.13. The first-order valence-corrected chi connectivity index (χ1v) is 7.13. The number of carbonyl (C=O) groups excluding carboxylic acids is 1. The quantitative estimate of drug-likeness (QED) is 0.843. The highest BCUT2D eigenvalue weighted by Gasteiger charge is 2.12. The van der Waals surface area contributed by atoms with Gasteiger partial charge < -0.3 is 5.32 Å².